The maximum absolute atomic E-state index is 8.54. The molecule has 1 rings (SSSR count). The van der Waals surface area contributed by atoms with E-state index in [1.165, 1.54) is 0 Å². The van der Waals surface area contributed by atoms with Crippen LogP contribution in [-0.2, 0) is 4.74 Å². The van der Waals surface area contributed by atoms with Crippen molar-refractivity contribution in [2.75, 3.05) is 13.2 Å². The van der Waals surface area contributed by atoms with Gasteiger partial charge < -0.3 is 15.3 Å². The first-order valence-electron chi connectivity index (χ1n) is 3.96. The molecule has 0 amide bonds. The summed E-state index contributed by atoms with van der Waals surface area (Å²) >= 11 is 0. The number of ether oxygens (including phenoxy) is 1. The lowest BCUT2D eigenvalue weighted by atomic mass is 10.2. The van der Waals surface area contributed by atoms with E-state index in [0.29, 0.717) is 12.5 Å². The van der Waals surface area contributed by atoms with Crippen molar-refractivity contribution in [3.8, 4) is 0 Å². The van der Waals surface area contributed by atoms with E-state index in [9.17, 15) is 0 Å². The molecule has 4 heteroatoms. The zero-order valence-electron chi connectivity index (χ0n) is 6.71. The summed E-state index contributed by atoms with van der Waals surface area (Å²) in [7, 11) is 0. The van der Waals surface area contributed by atoms with Crippen LogP contribution in [0.2, 0.25) is 0 Å². The fraction of sp³-hybridized carbons (Fsp3) is 0.857. The van der Waals surface area contributed by atoms with Crippen LogP contribution in [0.3, 0.4) is 0 Å². The lowest BCUT2D eigenvalue weighted by Crippen LogP contribution is -2.32. The predicted octanol–water partition coefficient (Wildman–Crippen LogP) is 0.563. The van der Waals surface area contributed by atoms with Gasteiger partial charge in [-0.05, 0) is 26.3 Å². The first-order chi connectivity index (χ1) is 5.38. The summed E-state index contributed by atoms with van der Waals surface area (Å²) < 4.78 is 5.11. The molecule has 0 aliphatic carbocycles. The zero-order chi connectivity index (χ0) is 8.10. The van der Waals surface area contributed by atoms with E-state index in [1.807, 2.05) is 6.92 Å². The van der Waals surface area contributed by atoms with E-state index in [-0.39, 0.29) is 6.04 Å². The van der Waals surface area contributed by atoms with Gasteiger partial charge in [-0.1, -0.05) is 5.16 Å². The van der Waals surface area contributed by atoms with Gasteiger partial charge >= 0.3 is 0 Å². The Morgan fingerprint density at radius 3 is 3.09 bits per heavy atom. The Morgan fingerprint density at radius 2 is 2.64 bits per heavy atom. The highest BCUT2D eigenvalue weighted by molar-refractivity contribution is 5.81. The van der Waals surface area contributed by atoms with Crippen molar-refractivity contribution in [3.05, 3.63) is 0 Å². The van der Waals surface area contributed by atoms with Crippen LogP contribution >= 0.6 is 0 Å². The molecule has 1 aliphatic heterocycles. The quantitative estimate of drug-likeness (QED) is 0.267. The van der Waals surface area contributed by atoms with Crippen molar-refractivity contribution in [2.45, 2.75) is 25.8 Å². The van der Waals surface area contributed by atoms with Crippen molar-refractivity contribution in [2.24, 2.45) is 5.16 Å². The van der Waals surface area contributed by atoms with Crippen molar-refractivity contribution >= 4 is 5.90 Å². The third kappa shape index (κ3) is 2.08. The van der Waals surface area contributed by atoms with Gasteiger partial charge in [-0.2, -0.15) is 0 Å². The maximum atomic E-state index is 8.54. The number of oxime groups is 1. The number of hydrogen-bond donors (Lipinski definition) is 2. The number of rotatable bonds is 2. The minimum absolute atomic E-state index is 0.125. The van der Waals surface area contributed by atoms with Crippen LogP contribution in [0.4, 0.5) is 0 Å². The molecule has 0 saturated carbocycles. The van der Waals surface area contributed by atoms with Crippen molar-refractivity contribution in [1.82, 2.24) is 5.32 Å². The third-order valence-corrected chi connectivity index (χ3v) is 1.75. The average Bonchev–Trinajstić information content (AvgIpc) is 2.52. The summed E-state index contributed by atoms with van der Waals surface area (Å²) in [5.41, 5.74) is 0. The predicted molar refractivity (Wildman–Crippen MR) is 41.9 cm³/mol. The van der Waals surface area contributed by atoms with Gasteiger partial charge in [-0.25, -0.2) is 0 Å². The van der Waals surface area contributed by atoms with Gasteiger partial charge in [0.15, 0.2) is 0 Å². The normalized spacial score (nSPS) is 25.5. The molecule has 2 N–H and O–H groups in total. The summed E-state index contributed by atoms with van der Waals surface area (Å²) in [5.74, 6) is 0.421. The van der Waals surface area contributed by atoms with Gasteiger partial charge in [-0.3, -0.25) is 0 Å². The molecule has 0 bridgehead atoms. The van der Waals surface area contributed by atoms with Crippen LogP contribution < -0.4 is 5.32 Å². The van der Waals surface area contributed by atoms with Crippen molar-refractivity contribution < 1.29 is 9.94 Å². The van der Waals surface area contributed by atoms with Crippen LogP contribution in [0.15, 0.2) is 5.16 Å². The lowest BCUT2D eigenvalue weighted by Gasteiger charge is -2.11. The van der Waals surface area contributed by atoms with Gasteiger partial charge in [-0.15, -0.1) is 0 Å². The first-order valence-corrected chi connectivity index (χ1v) is 3.96. The Labute approximate surface area is 66.2 Å². The SMILES string of the molecule is CCO/C(=N/O)C1CCCN1. The van der Waals surface area contributed by atoms with E-state index in [0.717, 1.165) is 19.4 Å². The fourth-order valence-corrected chi connectivity index (χ4v) is 1.24. The molecule has 11 heavy (non-hydrogen) atoms. The Bertz CT molecular complexity index is 141. The molecule has 1 unspecified atom stereocenters. The molecule has 1 heterocycles. The molecular weight excluding hydrogens is 144 g/mol. The highest BCUT2D eigenvalue weighted by atomic mass is 16.5. The van der Waals surface area contributed by atoms with Crippen molar-refractivity contribution in [3.63, 3.8) is 0 Å². The summed E-state index contributed by atoms with van der Waals surface area (Å²) in [5, 5.41) is 14.8. The molecule has 0 spiro atoms. The Kier molecular flexibility index (Phi) is 3.16. The minimum atomic E-state index is 0.125. The Morgan fingerprint density at radius 1 is 1.82 bits per heavy atom. The number of nitrogens with zero attached hydrogens (tertiary/aromatic N) is 1. The van der Waals surface area contributed by atoms with E-state index >= 15 is 0 Å². The van der Waals surface area contributed by atoms with Gasteiger partial charge in [0.05, 0.1) is 12.6 Å². The van der Waals surface area contributed by atoms with Crippen LogP contribution in [-0.4, -0.2) is 30.3 Å². The summed E-state index contributed by atoms with van der Waals surface area (Å²) in [6.45, 7) is 3.41. The summed E-state index contributed by atoms with van der Waals surface area (Å²) in [4.78, 5) is 0. The third-order valence-electron chi connectivity index (χ3n) is 1.75. The number of hydrogen-bond acceptors (Lipinski definition) is 4. The smallest absolute Gasteiger partial charge is 0.242 e. The van der Waals surface area contributed by atoms with Crippen LogP contribution in [0.25, 0.3) is 0 Å². The van der Waals surface area contributed by atoms with Gasteiger partial charge in [0.25, 0.3) is 0 Å². The lowest BCUT2D eigenvalue weighted by molar-refractivity contribution is 0.251. The zero-order valence-corrected chi connectivity index (χ0v) is 6.71. The van der Waals surface area contributed by atoms with Crippen LogP contribution in [0.1, 0.15) is 19.8 Å². The fourth-order valence-electron chi connectivity index (χ4n) is 1.24. The van der Waals surface area contributed by atoms with Gasteiger partial charge in [0.2, 0.25) is 5.90 Å². The van der Waals surface area contributed by atoms with E-state index in [2.05, 4.69) is 10.5 Å². The van der Waals surface area contributed by atoms with Crippen LogP contribution in [0.5, 0.6) is 0 Å². The molecule has 0 radical (unpaired) electrons. The first kappa shape index (κ1) is 8.33. The molecule has 4 nitrogen and oxygen atoms in total. The average molecular weight is 158 g/mol. The minimum Gasteiger partial charge on any atom is -0.478 e. The Hall–Kier alpha value is -0.770. The molecule has 1 saturated heterocycles. The number of nitrogens with one attached hydrogen (secondary N) is 1. The summed E-state index contributed by atoms with van der Waals surface area (Å²) in [6.07, 6.45) is 2.12. The molecular formula is C7H14N2O2. The molecule has 1 fully saturated rings. The molecule has 0 aromatic heterocycles. The topological polar surface area (TPSA) is 53.9 Å². The monoisotopic (exact) mass is 158 g/mol. The van der Waals surface area contributed by atoms with E-state index in [1.54, 1.807) is 0 Å². The molecule has 0 aromatic carbocycles. The standard InChI is InChI=1S/C7H14N2O2/c1-2-11-7(9-10)6-4-3-5-8-6/h6,8,10H,2-5H2,1H3/b9-7+. The second kappa shape index (κ2) is 4.18. The van der Waals surface area contributed by atoms with Gasteiger partial charge in [0.1, 0.15) is 0 Å². The maximum Gasteiger partial charge on any atom is 0.242 e. The highest BCUT2D eigenvalue weighted by Crippen LogP contribution is 2.07. The molecule has 64 valence electrons. The van der Waals surface area contributed by atoms with E-state index in [4.69, 9.17) is 9.94 Å². The van der Waals surface area contributed by atoms with E-state index < -0.39 is 0 Å². The highest BCUT2D eigenvalue weighted by Gasteiger charge is 2.21. The second-order valence-electron chi connectivity index (χ2n) is 2.52. The summed E-state index contributed by atoms with van der Waals surface area (Å²) in [6, 6.07) is 0.125. The molecule has 0 aromatic rings. The van der Waals surface area contributed by atoms with Crippen molar-refractivity contribution in [1.29, 1.82) is 0 Å². The van der Waals surface area contributed by atoms with Gasteiger partial charge in [0, 0.05) is 0 Å². The second-order valence-corrected chi connectivity index (χ2v) is 2.52. The largest absolute Gasteiger partial charge is 0.478 e. The Balaban J connectivity index is 2.41. The van der Waals surface area contributed by atoms with Crippen LogP contribution in [0, 0.1) is 0 Å². The molecule has 1 aliphatic rings. The molecule has 1 atom stereocenters.